The van der Waals surface area contributed by atoms with Crippen molar-refractivity contribution in [2.75, 3.05) is 11.9 Å². The molecule has 8 heteroatoms. The number of benzene rings is 1. The molecule has 1 amide bonds. The van der Waals surface area contributed by atoms with Gasteiger partial charge in [-0.1, -0.05) is 11.6 Å². The number of amides is 1. The lowest BCUT2D eigenvalue weighted by molar-refractivity contribution is -0.119. The van der Waals surface area contributed by atoms with Gasteiger partial charge in [0.1, 0.15) is 6.33 Å². The van der Waals surface area contributed by atoms with E-state index in [1.807, 2.05) is 6.92 Å². The van der Waals surface area contributed by atoms with Gasteiger partial charge in [-0.3, -0.25) is 4.79 Å². The van der Waals surface area contributed by atoms with Crippen molar-refractivity contribution in [1.82, 2.24) is 25.5 Å². The number of halogens is 1. The molecule has 21 heavy (non-hydrogen) atoms. The standard InChI is InChI=1S/C13H15ClN6O/c1-8-10(4-5-15-8)13(21)17-12-6-9(2-3-11(12)14)20-7-16-18-19-20/h2-3,6-8,10,15H,4-5H2,1H3,(H,17,21). The van der Waals surface area contributed by atoms with E-state index in [4.69, 9.17) is 11.6 Å². The maximum Gasteiger partial charge on any atom is 0.229 e. The SMILES string of the molecule is CC1NCCC1C(=O)Nc1cc(-n2cnnn2)ccc1Cl. The van der Waals surface area contributed by atoms with Gasteiger partial charge >= 0.3 is 0 Å². The van der Waals surface area contributed by atoms with E-state index in [1.54, 1.807) is 18.2 Å². The zero-order valence-corrected chi connectivity index (χ0v) is 12.2. The number of anilines is 1. The molecule has 1 fully saturated rings. The van der Waals surface area contributed by atoms with Gasteiger partial charge in [0.05, 0.1) is 22.3 Å². The number of nitrogens with zero attached hydrogens (tertiary/aromatic N) is 4. The van der Waals surface area contributed by atoms with E-state index in [-0.39, 0.29) is 17.9 Å². The van der Waals surface area contributed by atoms with Crippen molar-refractivity contribution in [2.24, 2.45) is 5.92 Å². The van der Waals surface area contributed by atoms with Gasteiger partial charge in [-0.05, 0) is 48.5 Å². The van der Waals surface area contributed by atoms with Gasteiger partial charge in [-0.15, -0.1) is 5.10 Å². The Kier molecular flexibility index (Phi) is 3.85. The first-order valence-electron chi connectivity index (χ1n) is 6.72. The predicted molar refractivity (Wildman–Crippen MR) is 78.4 cm³/mol. The Morgan fingerprint density at radius 2 is 2.38 bits per heavy atom. The maximum atomic E-state index is 12.3. The molecule has 2 atom stereocenters. The number of tetrazole rings is 1. The average molecular weight is 307 g/mol. The summed E-state index contributed by atoms with van der Waals surface area (Å²) in [6, 6.07) is 5.42. The Labute approximate surface area is 126 Å². The first-order valence-corrected chi connectivity index (χ1v) is 7.10. The van der Waals surface area contributed by atoms with E-state index in [2.05, 4.69) is 26.2 Å². The third-order valence-electron chi connectivity index (χ3n) is 3.68. The summed E-state index contributed by atoms with van der Waals surface area (Å²) in [6.45, 7) is 2.87. The second-order valence-electron chi connectivity index (χ2n) is 5.05. The molecular formula is C13H15ClN6O. The fraction of sp³-hybridized carbons (Fsp3) is 0.385. The van der Waals surface area contributed by atoms with Crippen molar-refractivity contribution < 1.29 is 4.79 Å². The molecule has 1 aromatic heterocycles. The molecule has 1 aromatic carbocycles. The number of aromatic nitrogens is 4. The second-order valence-corrected chi connectivity index (χ2v) is 5.45. The quantitative estimate of drug-likeness (QED) is 0.891. The number of hydrogen-bond donors (Lipinski definition) is 2. The molecule has 2 unspecified atom stereocenters. The van der Waals surface area contributed by atoms with Crippen LogP contribution < -0.4 is 10.6 Å². The van der Waals surface area contributed by atoms with Crippen LogP contribution in [-0.4, -0.2) is 38.7 Å². The molecule has 110 valence electrons. The van der Waals surface area contributed by atoms with Gasteiger partial charge in [0.25, 0.3) is 0 Å². The van der Waals surface area contributed by atoms with Crippen LogP contribution in [0.5, 0.6) is 0 Å². The van der Waals surface area contributed by atoms with Crippen molar-refractivity contribution in [3.63, 3.8) is 0 Å². The average Bonchev–Trinajstić information content (AvgIpc) is 3.12. The summed E-state index contributed by atoms with van der Waals surface area (Å²) in [5, 5.41) is 17.6. The molecule has 1 aliphatic rings. The highest BCUT2D eigenvalue weighted by Crippen LogP contribution is 2.26. The fourth-order valence-electron chi connectivity index (χ4n) is 2.47. The Balaban J connectivity index is 1.81. The highest BCUT2D eigenvalue weighted by Gasteiger charge is 2.29. The third-order valence-corrected chi connectivity index (χ3v) is 4.01. The lowest BCUT2D eigenvalue weighted by atomic mass is 10.0. The summed E-state index contributed by atoms with van der Waals surface area (Å²) in [7, 11) is 0. The van der Waals surface area contributed by atoms with Crippen LogP contribution in [0.4, 0.5) is 5.69 Å². The lowest BCUT2D eigenvalue weighted by Crippen LogP contribution is -2.32. The highest BCUT2D eigenvalue weighted by atomic mass is 35.5. The van der Waals surface area contributed by atoms with Gasteiger partial charge in [0.2, 0.25) is 5.91 Å². The summed E-state index contributed by atoms with van der Waals surface area (Å²) in [6.07, 6.45) is 2.31. The molecule has 0 aliphatic carbocycles. The Morgan fingerprint density at radius 1 is 1.52 bits per heavy atom. The molecule has 2 N–H and O–H groups in total. The Bertz CT molecular complexity index is 644. The van der Waals surface area contributed by atoms with Crippen molar-refractivity contribution in [2.45, 2.75) is 19.4 Å². The molecule has 7 nitrogen and oxygen atoms in total. The van der Waals surface area contributed by atoms with Gasteiger partial charge < -0.3 is 10.6 Å². The van der Waals surface area contributed by atoms with Crippen molar-refractivity contribution >= 4 is 23.2 Å². The molecule has 1 saturated heterocycles. The third kappa shape index (κ3) is 2.88. The lowest BCUT2D eigenvalue weighted by Gasteiger charge is -2.16. The summed E-state index contributed by atoms with van der Waals surface area (Å²) in [5.74, 6) is -0.0685. The monoisotopic (exact) mass is 306 g/mol. The predicted octanol–water partition coefficient (Wildman–Crippen LogP) is 1.25. The van der Waals surface area contributed by atoms with Crippen molar-refractivity contribution in [1.29, 1.82) is 0 Å². The molecule has 0 bridgehead atoms. The van der Waals surface area contributed by atoms with Gasteiger partial charge in [0, 0.05) is 6.04 Å². The molecule has 2 heterocycles. The molecule has 0 spiro atoms. The largest absolute Gasteiger partial charge is 0.324 e. The molecule has 2 aromatic rings. The number of carbonyl (C=O) groups is 1. The van der Waals surface area contributed by atoms with E-state index in [0.29, 0.717) is 10.7 Å². The second kappa shape index (κ2) is 5.79. The topological polar surface area (TPSA) is 84.7 Å². The zero-order valence-electron chi connectivity index (χ0n) is 11.5. The van der Waals surface area contributed by atoms with Crippen molar-refractivity contribution in [3.05, 3.63) is 29.5 Å². The molecule has 3 rings (SSSR count). The van der Waals surface area contributed by atoms with E-state index in [0.717, 1.165) is 18.7 Å². The fourth-order valence-corrected chi connectivity index (χ4v) is 2.64. The van der Waals surface area contributed by atoms with Crippen LogP contribution >= 0.6 is 11.6 Å². The van der Waals surface area contributed by atoms with Crippen LogP contribution in [0.1, 0.15) is 13.3 Å². The molecule has 1 aliphatic heterocycles. The van der Waals surface area contributed by atoms with Crippen LogP contribution in [0.15, 0.2) is 24.5 Å². The van der Waals surface area contributed by atoms with Crippen LogP contribution in [0.2, 0.25) is 5.02 Å². The maximum absolute atomic E-state index is 12.3. The van der Waals surface area contributed by atoms with E-state index >= 15 is 0 Å². The summed E-state index contributed by atoms with van der Waals surface area (Å²) in [5.41, 5.74) is 1.30. The number of nitrogens with one attached hydrogen (secondary N) is 2. The van der Waals surface area contributed by atoms with E-state index < -0.39 is 0 Å². The van der Waals surface area contributed by atoms with Crippen LogP contribution in [0, 0.1) is 5.92 Å². The van der Waals surface area contributed by atoms with Gasteiger partial charge in [-0.2, -0.15) is 0 Å². The molecule has 0 saturated carbocycles. The molecular weight excluding hydrogens is 292 g/mol. The van der Waals surface area contributed by atoms with Gasteiger partial charge in [0.15, 0.2) is 0 Å². The van der Waals surface area contributed by atoms with Gasteiger partial charge in [-0.25, -0.2) is 4.68 Å². The minimum absolute atomic E-state index is 0.0248. The van der Waals surface area contributed by atoms with Crippen LogP contribution in [0.3, 0.4) is 0 Å². The Morgan fingerprint density at radius 3 is 3.05 bits per heavy atom. The first-order chi connectivity index (χ1) is 10.1. The summed E-state index contributed by atoms with van der Waals surface area (Å²) < 4.78 is 1.51. The van der Waals surface area contributed by atoms with E-state index in [9.17, 15) is 4.79 Å². The summed E-state index contributed by atoms with van der Waals surface area (Å²) in [4.78, 5) is 12.3. The number of rotatable bonds is 3. The molecule has 0 radical (unpaired) electrons. The number of hydrogen-bond acceptors (Lipinski definition) is 5. The highest BCUT2D eigenvalue weighted by molar-refractivity contribution is 6.33. The van der Waals surface area contributed by atoms with E-state index in [1.165, 1.54) is 11.0 Å². The smallest absolute Gasteiger partial charge is 0.229 e. The van der Waals surface area contributed by atoms with Crippen LogP contribution in [-0.2, 0) is 4.79 Å². The minimum atomic E-state index is -0.0437. The minimum Gasteiger partial charge on any atom is -0.324 e. The first kappa shape index (κ1) is 14.0. The number of carbonyl (C=O) groups excluding carboxylic acids is 1. The zero-order chi connectivity index (χ0) is 14.8. The van der Waals surface area contributed by atoms with Crippen molar-refractivity contribution in [3.8, 4) is 5.69 Å². The van der Waals surface area contributed by atoms with Crippen LogP contribution in [0.25, 0.3) is 5.69 Å². The summed E-state index contributed by atoms with van der Waals surface area (Å²) >= 11 is 6.15. The Hall–Kier alpha value is -1.99. The normalized spacial score (nSPS) is 21.4.